The predicted octanol–water partition coefficient (Wildman–Crippen LogP) is 3.05. The van der Waals surface area contributed by atoms with E-state index >= 15 is 0 Å². The van der Waals surface area contributed by atoms with Crippen LogP contribution in [0.2, 0.25) is 0 Å². The molecule has 10 heteroatoms. The summed E-state index contributed by atoms with van der Waals surface area (Å²) in [5.74, 6) is 0.000831. The normalized spacial score (nSPS) is 11.4. The van der Waals surface area contributed by atoms with Crippen LogP contribution in [-0.2, 0) is 24.9 Å². The molecule has 1 amide bonds. The second kappa shape index (κ2) is 9.94. The van der Waals surface area contributed by atoms with Gasteiger partial charge < -0.3 is 4.74 Å². The molecule has 0 fully saturated rings. The molecule has 170 valence electrons. The summed E-state index contributed by atoms with van der Waals surface area (Å²) in [6.45, 7) is 1.70. The highest BCUT2D eigenvalue weighted by atomic mass is 32.2. The summed E-state index contributed by atoms with van der Waals surface area (Å²) in [7, 11) is 0.771. The minimum Gasteiger partial charge on any atom is -0.497 e. The Bertz CT molecular complexity index is 1190. The molecule has 2 aromatic carbocycles. The zero-order chi connectivity index (χ0) is 23.3. The lowest BCUT2D eigenvalue weighted by Crippen LogP contribution is -2.25. The van der Waals surface area contributed by atoms with Gasteiger partial charge in [-0.2, -0.15) is 13.5 Å². The lowest BCUT2D eigenvalue weighted by molar-refractivity contribution is -0.0760. The van der Waals surface area contributed by atoms with Gasteiger partial charge >= 0.3 is 0 Å². The average Bonchev–Trinajstić information content (AvgIpc) is 3.23. The minimum absolute atomic E-state index is 0.0742. The van der Waals surface area contributed by atoms with Crippen molar-refractivity contribution < 1.29 is 27.0 Å². The number of carbonyl (C=O) groups is 1. The van der Waals surface area contributed by atoms with Crippen LogP contribution < -0.4 is 4.74 Å². The van der Waals surface area contributed by atoms with E-state index in [1.54, 1.807) is 55.1 Å². The first-order valence-corrected chi connectivity index (χ1v) is 11.4. The van der Waals surface area contributed by atoms with Gasteiger partial charge in [0.2, 0.25) is 0 Å². The van der Waals surface area contributed by atoms with Crippen molar-refractivity contribution in [3.8, 4) is 22.7 Å². The SMILES string of the molecule is CCOS(=O)(=O)Cc1cccc(-c2cc(C(=O)N(C)OC)nn2-c2ccc(OC)cc2)c1. The number of benzene rings is 2. The molecule has 0 bridgehead atoms. The number of rotatable bonds is 9. The topological polar surface area (TPSA) is 100.0 Å². The molecule has 0 radical (unpaired) electrons. The molecule has 0 atom stereocenters. The number of hydrogen-bond acceptors (Lipinski definition) is 7. The molecule has 0 aliphatic carbocycles. The molecule has 32 heavy (non-hydrogen) atoms. The fourth-order valence-corrected chi connectivity index (χ4v) is 4.13. The van der Waals surface area contributed by atoms with Crippen molar-refractivity contribution in [2.45, 2.75) is 12.7 Å². The van der Waals surface area contributed by atoms with E-state index in [1.807, 2.05) is 18.2 Å². The summed E-state index contributed by atoms with van der Waals surface area (Å²) in [6, 6.07) is 15.9. The van der Waals surface area contributed by atoms with E-state index in [1.165, 1.54) is 14.2 Å². The lowest BCUT2D eigenvalue weighted by atomic mass is 10.1. The Balaban J connectivity index is 2.09. The molecule has 3 rings (SSSR count). The first-order valence-electron chi connectivity index (χ1n) is 9.81. The van der Waals surface area contributed by atoms with E-state index in [2.05, 4.69) is 5.10 Å². The third kappa shape index (κ3) is 5.34. The highest BCUT2D eigenvalue weighted by Crippen LogP contribution is 2.27. The van der Waals surface area contributed by atoms with Crippen LogP contribution in [-0.4, -0.2) is 57.0 Å². The van der Waals surface area contributed by atoms with Gasteiger partial charge in [0.05, 0.1) is 32.2 Å². The molecule has 0 aliphatic heterocycles. The molecule has 3 aromatic rings. The Labute approximate surface area is 187 Å². The fraction of sp³-hybridized carbons (Fsp3) is 0.273. The zero-order valence-corrected chi connectivity index (χ0v) is 19.1. The zero-order valence-electron chi connectivity index (χ0n) is 18.3. The molecular weight excluding hydrogens is 434 g/mol. The lowest BCUT2D eigenvalue weighted by Gasteiger charge is -2.11. The summed E-state index contributed by atoms with van der Waals surface area (Å²) in [4.78, 5) is 17.6. The smallest absolute Gasteiger partial charge is 0.297 e. The number of hydroxylamine groups is 2. The fourth-order valence-electron chi connectivity index (χ4n) is 3.10. The molecule has 0 aliphatic rings. The summed E-state index contributed by atoms with van der Waals surface area (Å²) >= 11 is 0. The first kappa shape index (κ1) is 23.5. The Morgan fingerprint density at radius 2 is 1.81 bits per heavy atom. The highest BCUT2D eigenvalue weighted by molar-refractivity contribution is 7.85. The summed E-state index contributed by atoms with van der Waals surface area (Å²) in [5, 5.41) is 5.56. The Hall–Kier alpha value is -3.21. The van der Waals surface area contributed by atoms with Crippen LogP contribution in [0.4, 0.5) is 0 Å². The molecule has 0 N–H and O–H groups in total. The van der Waals surface area contributed by atoms with Gasteiger partial charge in [0, 0.05) is 12.6 Å². The summed E-state index contributed by atoms with van der Waals surface area (Å²) < 4.78 is 35.8. The maximum absolute atomic E-state index is 12.6. The number of carbonyl (C=O) groups excluding carboxylic acids is 1. The number of amides is 1. The Morgan fingerprint density at radius 3 is 2.44 bits per heavy atom. The van der Waals surface area contributed by atoms with Gasteiger partial charge in [-0.25, -0.2) is 9.75 Å². The average molecular weight is 460 g/mol. The largest absolute Gasteiger partial charge is 0.497 e. The van der Waals surface area contributed by atoms with Gasteiger partial charge in [0.1, 0.15) is 11.5 Å². The van der Waals surface area contributed by atoms with Gasteiger partial charge in [0.15, 0.2) is 5.69 Å². The monoisotopic (exact) mass is 459 g/mol. The van der Waals surface area contributed by atoms with Gasteiger partial charge in [-0.05, 0) is 48.9 Å². The van der Waals surface area contributed by atoms with Crippen LogP contribution in [0, 0.1) is 0 Å². The maximum Gasteiger partial charge on any atom is 0.297 e. The van der Waals surface area contributed by atoms with E-state index in [-0.39, 0.29) is 18.1 Å². The van der Waals surface area contributed by atoms with Crippen LogP contribution in [0.1, 0.15) is 23.0 Å². The Kier molecular flexibility index (Phi) is 7.29. The standard InChI is InChI=1S/C22H25N3O6S/c1-5-31-32(27,28)15-16-7-6-8-17(13-16)21-14-20(22(26)24(2)30-4)23-25(21)18-9-11-19(29-3)12-10-18/h6-14H,5,15H2,1-4H3. The van der Waals surface area contributed by atoms with Crippen molar-refractivity contribution in [3.05, 3.63) is 65.9 Å². The van der Waals surface area contributed by atoms with E-state index in [9.17, 15) is 13.2 Å². The van der Waals surface area contributed by atoms with Crippen molar-refractivity contribution in [3.63, 3.8) is 0 Å². The maximum atomic E-state index is 12.6. The molecule has 0 saturated carbocycles. The molecule has 0 unspecified atom stereocenters. The molecule has 9 nitrogen and oxygen atoms in total. The molecule has 1 heterocycles. The third-order valence-electron chi connectivity index (χ3n) is 4.67. The van der Waals surface area contributed by atoms with Gasteiger partial charge in [-0.3, -0.25) is 13.8 Å². The molecular formula is C22H25N3O6S. The van der Waals surface area contributed by atoms with Crippen molar-refractivity contribution in [2.75, 3.05) is 27.9 Å². The van der Waals surface area contributed by atoms with Crippen LogP contribution in [0.5, 0.6) is 5.75 Å². The number of hydrogen-bond donors (Lipinski definition) is 0. The van der Waals surface area contributed by atoms with E-state index in [0.29, 0.717) is 28.3 Å². The summed E-state index contributed by atoms with van der Waals surface area (Å²) in [6.07, 6.45) is 0. The van der Waals surface area contributed by atoms with E-state index in [4.69, 9.17) is 13.8 Å². The second-order valence-electron chi connectivity index (χ2n) is 6.82. The Morgan fingerprint density at radius 1 is 1.09 bits per heavy atom. The second-order valence-corrected chi connectivity index (χ2v) is 8.46. The van der Waals surface area contributed by atoms with Crippen molar-refractivity contribution in [2.24, 2.45) is 0 Å². The van der Waals surface area contributed by atoms with Crippen molar-refractivity contribution >= 4 is 16.0 Å². The van der Waals surface area contributed by atoms with Crippen LogP contribution in [0.3, 0.4) is 0 Å². The van der Waals surface area contributed by atoms with E-state index < -0.39 is 16.0 Å². The number of aromatic nitrogens is 2. The van der Waals surface area contributed by atoms with Gasteiger partial charge in [-0.1, -0.05) is 18.2 Å². The highest BCUT2D eigenvalue weighted by Gasteiger charge is 2.21. The van der Waals surface area contributed by atoms with Gasteiger partial charge in [0.25, 0.3) is 16.0 Å². The minimum atomic E-state index is -3.69. The molecule has 0 saturated heterocycles. The van der Waals surface area contributed by atoms with Crippen LogP contribution in [0.25, 0.3) is 16.9 Å². The van der Waals surface area contributed by atoms with Crippen LogP contribution >= 0.6 is 0 Å². The van der Waals surface area contributed by atoms with E-state index in [0.717, 1.165) is 5.06 Å². The molecule has 0 spiro atoms. The molecule has 1 aromatic heterocycles. The number of methoxy groups -OCH3 is 1. The third-order valence-corrected chi connectivity index (χ3v) is 5.95. The number of nitrogens with zero attached hydrogens (tertiary/aromatic N) is 3. The summed E-state index contributed by atoms with van der Waals surface area (Å²) in [5.41, 5.74) is 2.73. The van der Waals surface area contributed by atoms with Crippen LogP contribution in [0.15, 0.2) is 54.6 Å². The quantitative estimate of drug-likeness (QED) is 0.358. The van der Waals surface area contributed by atoms with Gasteiger partial charge in [-0.15, -0.1) is 0 Å². The first-order chi connectivity index (χ1) is 15.3. The van der Waals surface area contributed by atoms with Crippen molar-refractivity contribution in [1.29, 1.82) is 0 Å². The number of ether oxygens (including phenoxy) is 1. The predicted molar refractivity (Wildman–Crippen MR) is 119 cm³/mol. The van der Waals surface area contributed by atoms with Crippen molar-refractivity contribution in [1.82, 2.24) is 14.8 Å².